The summed E-state index contributed by atoms with van der Waals surface area (Å²) in [6.45, 7) is 4.57. The van der Waals surface area contributed by atoms with Gasteiger partial charge in [0.25, 0.3) is 0 Å². The van der Waals surface area contributed by atoms with Crippen LogP contribution < -0.4 is 5.14 Å². The van der Waals surface area contributed by atoms with Crippen LogP contribution in [0.3, 0.4) is 0 Å². The standard InChI is InChI=1S/C16H24N2O4S/c1-12-9-18(13(2)8-15(12)11-23(17,20)21)16(19)22-10-14-6-4-3-5-7-14/h3-7,12-13,15H,8-11H2,1-2H3,(H2,17,20,21). The third-order valence-corrected chi connectivity index (χ3v) is 5.24. The first-order chi connectivity index (χ1) is 10.8. The molecule has 3 atom stereocenters. The minimum absolute atomic E-state index is 0.0295. The number of hydrogen-bond acceptors (Lipinski definition) is 4. The van der Waals surface area contributed by atoms with Crippen LogP contribution in [0.25, 0.3) is 0 Å². The molecule has 0 radical (unpaired) electrons. The Kier molecular flexibility index (Phi) is 5.64. The molecular weight excluding hydrogens is 316 g/mol. The average molecular weight is 340 g/mol. The molecule has 0 saturated carbocycles. The van der Waals surface area contributed by atoms with Crippen LogP contribution in [0.4, 0.5) is 4.79 Å². The van der Waals surface area contributed by atoms with E-state index in [0.29, 0.717) is 13.0 Å². The summed E-state index contributed by atoms with van der Waals surface area (Å²) in [6, 6.07) is 9.43. The van der Waals surface area contributed by atoms with Crippen molar-refractivity contribution in [2.75, 3.05) is 12.3 Å². The SMILES string of the molecule is CC1CN(C(=O)OCc2ccccc2)C(C)CC1CS(N)(=O)=O. The van der Waals surface area contributed by atoms with Crippen LogP contribution in [0.5, 0.6) is 0 Å². The van der Waals surface area contributed by atoms with E-state index in [2.05, 4.69) is 0 Å². The quantitative estimate of drug-likeness (QED) is 0.907. The molecule has 1 fully saturated rings. The van der Waals surface area contributed by atoms with Gasteiger partial charge in [-0.05, 0) is 30.7 Å². The zero-order chi connectivity index (χ0) is 17.0. The fraction of sp³-hybridized carbons (Fsp3) is 0.562. The van der Waals surface area contributed by atoms with E-state index in [1.165, 1.54) is 0 Å². The lowest BCUT2D eigenvalue weighted by molar-refractivity contribution is 0.0473. The van der Waals surface area contributed by atoms with E-state index in [1.807, 2.05) is 44.2 Å². The molecule has 23 heavy (non-hydrogen) atoms. The van der Waals surface area contributed by atoms with Gasteiger partial charge in [0.05, 0.1) is 5.75 Å². The fourth-order valence-corrected chi connectivity index (χ4v) is 4.09. The number of amides is 1. The second-order valence-electron chi connectivity index (χ2n) is 6.34. The number of sulfonamides is 1. The Morgan fingerprint density at radius 2 is 1.96 bits per heavy atom. The zero-order valence-electron chi connectivity index (χ0n) is 13.5. The van der Waals surface area contributed by atoms with Crippen LogP contribution in [0, 0.1) is 11.8 Å². The van der Waals surface area contributed by atoms with Crippen molar-refractivity contribution in [3.05, 3.63) is 35.9 Å². The van der Waals surface area contributed by atoms with E-state index in [9.17, 15) is 13.2 Å². The lowest BCUT2D eigenvalue weighted by atomic mass is 9.85. The number of likely N-dealkylation sites (tertiary alicyclic amines) is 1. The Labute approximate surface area is 137 Å². The van der Waals surface area contributed by atoms with E-state index in [1.54, 1.807) is 4.90 Å². The fourth-order valence-electron chi connectivity index (χ4n) is 3.02. The minimum atomic E-state index is -3.50. The maximum Gasteiger partial charge on any atom is 0.410 e. The summed E-state index contributed by atoms with van der Waals surface area (Å²) in [4.78, 5) is 14.0. The molecule has 0 aliphatic carbocycles. The predicted molar refractivity (Wildman–Crippen MR) is 88.0 cm³/mol. The number of carbonyl (C=O) groups excluding carboxylic acids is 1. The molecule has 128 valence electrons. The highest BCUT2D eigenvalue weighted by Crippen LogP contribution is 2.29. The Hall–Kier alpha value is -1.60. The molecule has 1 aliphatic heterocycles. The van der Waals surface area contributed by atoms with Crippen molar-refractivity contribution in [3.63, 3.8) is 0 Å². The first-order valence-electron chi connectivity index (χ1n) is 7.74. The molecule has 1 aromatic rings. The summed E-state index contributed by atoms with van der Waals surface area (Å²) in [6.07, 6.45) is 0.250. The van der Waals surface area contributed by atoms with Gasteiger partial charge in [0.1, 0.15) is 6.61 Å². The Morgan fingerprint density at radius 3 is 2.57 bits per heavy atom. The maximum absolute atomic E-state index is 12.3. The van der Waals surface area contributed by atoms with Gasteiger partial charge in [-0.2, -0.15) is 0 Å². The molecule has 7 heteroatoms. The normalized spacial score (nSPS) is 25.2. The molecule has 0 aromatic heterocycles. The van der Waals surface area contributed by atoms with Gasteiger partial charge in [0, 0.05) is 12.6 Å². The molecule has 1 heterocycles. The van der Waals surface area contributed by atoms with Gasteiger partial charge >= 0.3 is 6.09 Å². The lowest BCUT2D eigenvalue weighted by Gasteiger charge is -2.40. The molecule has 1 aromatic carbocycles. The number of nitrogens with zero attached hydrogens (tertiary/aromatic N) is 1. The first kappa shape index (κ1) is 17.7. The molecule has 1 saturated heterocycles. The lowest BCUT2D eigenvalue weighted by Crippen LogP contribution is -2.50. The summed E-state index contributed by atoms with van der Waals surface area (Å²) in [5.74, 6) is -0.00207. The van der Waals surface area contributed by atoms with Gasteiger partial charge in [0.15, 0.2) is 0 Å². The number of piperidine rings is 1. The Balaban J connectivity index is 1.92. The van der Waals surface area contributed by atoms with Crippen molar-refractivity contribution in [1.29, 1.82) is 0 Å². The molecular formula is C16H24N2O4S. The topological polar surface area (TPSA) is 89.7 Å². The zero-order valence-corrected chi connectivity index (χ0v) is 14.3. The molecule has 1 aliphatic rings. The second kappa shape index (κ2) is 7.31. The third kappa shape index (κ3) is 5.21. The number of carbonyl (C=O) groups is 1. The van der Waals surface area contributed by atoms with E-state index in [0.717, 1.165) is 5.56 Å². The molecule has 6 nitrogen and oxygen atoms in total. The highest BCUT2D eigenvalue weighted by Gasteiger charge is 2.35. The average Bonchev–Trinajstić information content (AvgIpc) is 2.48. The molecule has 3 unspecified atom stereocenters. The second-order valence-corrected chi connectivity index (χ2v) is 8.00. The number of primary sulfonamides is 1. The van der Waals surface area contributed by atoms with E-state index in [4.69, 9.17) is 9.88 Å². The highest BCUT2D eigenvalue weighted by atomic mass is 32.2. The minimum Gasteiger partial charge on any atom is -0.445 e. The van der Waals surface area contributed by atoms with Crippen molar-refractivity contribution < 1.29 is 17.9 Å². The Bertz CT molecular complexity index is 633. The molecule has 1 amide bonds. The van der Waals surface area contributed by atoms with E-state index in [-0.39, 0.29) is 36.3 Å². The van der Waals surface area contributed by atoms with Gasteiger partial charge < -0.3 is 9.64 Å². The van der Waals surface area contributed by atoms with E-state index < -0.39 is 10.0 Å². The van der Waals surface area contributed by atoms with Gasteiger partial charge in [-0.3, -0.25) is 0 Å². The maximum atomic E-state index is 12.3. The summed E-state index contributed by atoms with van der Waals surface area (Å²) in [5, 5.41) is 5.15. The van der Waals surface area contributed by atoms with Gasteiger partial charge in [-0.25, -0.2) is 18.4 Å². The number of nitrogens with two attached hydrogens (primary N) is 1. The van der Waals surface area contributed by atoms with Gasteiger partial charge in [0.2, 0.25) is 10.0 Å². The van der Waals surface area contributed by atoms with Crippen LogP contribution in [0.15, 0.2) is 30.3 Å². The summed E-state index contributed by atoms with van der Waals surface area (Å²) in [5.41, 5.74) is 0.936. The molecule has 2 N–H and O–H groups in total. The summed E-state index contributed by atoms with van der Waals surface area (Å²) < 4.78 is 28.0. The van der Waals surface area contributed by atoms with Gasteiger partial charge in [-0.1, -0.05) is 37.3 Å². The molecule has 0 spiro atoms. The summed E-state index contributed by atoms with van der Waals surface area (Å²) in [7, 11) is -3.50. The summed E-state index contributed by atoms with van der Waals surface area (Å²) >= 11 is 0. The van der Waals surface area contributed by atoms with Crippen LogP contribution in [-0.2, 0) is 21.4 Å². The van der Waals surface area contributed by atoms with Crippen molar-refractivity contribution >= 4 is 16.1 Å². The number of benzene rings is 1. The largest absolute Gasteiger partial charge is 0.445 e. The third-order valence-electron chi connectivity index (χ3n) is 4.35. The smallest absolute Gasteiger partial charge is 0.410 e. The van der Waals surface area contributed by atoms with Gasteiger partial charge in [-0.15, -0.1) is 0 Å². The number of ether oxygens (including phenoxy) is 1. The predicted octanol–water partition coefficient (Wildman–Crippen LogP) is 1.96. The van der Waals surface area contributed by atoms with Crippen molar-refractivity contribution in [2.45, 2.75) is 32.9 Å². The Morgan fingerprint density at radius 1 is 1.30 bits per heavy atom. The highest BCUT2D eigenvalue weighted by molar-refractivity contribution is 7.89. The van der Waals surface area contributed by atoms with Crippen molar-refractivity contribution in [1.82, 2.24) is 4.90 Å². The first-order valence-corrected chi connectivity index (χ1v) is 9.45. The molecule has 2 rings (SSSR count). The van der Waals surface area contributed by atoms with Crippen LogP contribution >= 0.6 is 0 Å². The van der Waals surface area contributed by atoms with Crippen LogP contribution in [0.2, 0.25) is 0 Å². The molecule has 0 bridgehead atoms. The van der Waals surface area contributed by atoms with Crippen molar-refractivity contribution in [2.24, 2.45) is 17.0 Å². The monoisotopic (exact) mass is 340 g/mol. The van der Waals surface area contributed by atoms with Crippen LogP contribution in [-0.4, -0.2) is 37.8 Å². The van der Waals surface area contributed by atoms with Crippen LogP contribution in [0.1, 0.15) is 25.8 Å². The number of rotatable bonds is 4. The van der Waals surface area contributed by atoms with Crippen molar-refractivity contribution in [3.8, 4) is 0 Å². The number of hydrogen-bond donors (Lipinski definition) is 1. The van der Waals surface area contributed by atoms with E-state index >= 15 is 0 Å².